The van der Waals surface area contributed by atoms with Crippen molar-refractivity contribution in [1.82, 2.24) is 15.5 Å². The lowest BCUT2D eigenvalue weighted by Gasteiger charge is -2.29. The molecule has 0 spiro atoms. The molecular formula is C21H35N7O9. The van der Waals surface area contributed by atoms with Crippen LogP contribution >= 0.6 is 0 Å². The highest BCUT2D eigenvalue weighted by atomic mass is 16.4. The van der Waals surface area contributed by atoms with Crippen molar-refractivity contribution in [3.63, 3.8) is 0 Å². The van der Waals surface area contributed by atoms with Crippen molar-refractivity contribution in [1.29, 1.82) is 0 Å². The minimum Gasteiger partial charge on any atom is -0.481 e. The number of likely N-dealkylation sites (tertiary alicyclic amines) is 1. The summed E-state index contributed by atoms with van der Waals surface area (Å²) in [5.41, 5.74) is 16.1. The zero-order valence-electron chi connectivity index (χ0n) is 20.3. The number of amides is 3. The fraction of sp³-hybridized carbons (Fsp3) is 0.667. The van der Waals surface area contributed by atoms with Crippen LogP contribution in [0.1, 0.15) is 51.4 Å². The Kier molecular flexibility index (Phi) is 12.8. The number of carbonyl (C=O) groups excluding carboxylic acids is 3. The lowest BCUT2D eigenvalue weighted by Crippen LogP contribution is -2.56. The molecule has 0 aromatic rings. The van der Waals surface area contributed by atoms with E-state index in [0.29, 0.717) is 6.42 Å². The Hall–Kier alpha value is -3.95. The molecular weight excluding hydrogens is 494 g/mol. The van der Waals surface area contributed by atoms with Gasteiger partial charge in [-0.05, 0) is 38.5 Å². The van der Waals surface area contributed by atoms with Crippen LogP contribution in [0.3, 0.4) is 0 Å². The van der Waals surface area contributed by atoms with Gasteiger partial charge in [-0.15, -0.1) is 0 Å². The van der Waals surface area contributed by atoms with Crippen molar-refractivity contribution in [2.24, 2.45) is 22.2 Å². The maximum atomic E-state index is 13.2. The molecule has 1 fully saturated rings. The number of aliphatic carboxylic acids is 3. The third-order valence-corrected chi connectivity index (χ3v) is 5.67. The molecule has 4 atom stereocenters. The van der Waals surface area contributed by atoms with Gasteiger partial charge in [-0.25, -0.2) is 4.79 Å². The number of guanidine groups is 1. The molecule has 1 aliphatic heterocycles. The van der Waals surface area contributed by atoms with Crippen molar-refractivity contribution in [3.05, 3.63) is 0 Å². The van der Waals surface area contributed by atoms with Gasteiger partial charge in [-0.2, -0.15) is 0 Å². The monoisotopic (exact) mass is 529 g/mol. The van der Waals surface area contributed by atoms with Gasteiger partial charge in [0.05, 0.1) is 6.04 Å². The van der Waals surface area contributed by atoms with Crippen molar-refractivity contribution in [3.8, 4) is 0 Å². The number of carboxylic acids is 3. The number of carbonyl (C=O) groups is 6. The van der Waals surface area contributed by atoms with Gasteiger partial charge in [0, 0.05) is 25.9 Å². The first-order valence-corrected chi connectivity index (χ1v) is 11.7. The molecule has 4 unspecified atom stereocenters. The number of nitrogens with two attached hydrogens (primary N) is 3. The second kappa shape index (κ2) is 15.2. The smallest absolute Gasteiger partial charge is 0.326 e. The molecule has 0 aliphatic carbocycles. The van der Waals surface area contributed by atoms with Gasteiger partial charge < -0.3 is 48.1 Å². The average molecular weight is 530 g/mol. The number of carboxylic acid groups (broad SMARTS) is 3. The minimum absolute atomic E-state index is 0.0318. The molecule has 0 aromatic heterocycles. The molecule has 1 saturated heterocycles. The van der Waals surface area contributed by atoms with E-state index in [1.807, 2.05) is 0 Å². The maximum absolute atomic E-state index is 13.2. The first-order chi connectivity index (χ1) is 17.3. The number of hydrogen-bond acceptors (Lipinski definition) is 8. The van der Waals surface area contributed by atoms with Gasteiger partial charge in [0.25, 0.3) is 0 Å². The van der Waals surface area contributed by atoms with Crippen LogP contribution in [-0.2, 0) is 28.8 Å². The largest absolute Gasteiger partial charge is 0.481 e. The zero-order valence-corrected chi connectivity index (χ0v) is 20.3. The van der Waals surface area contributed by atoms with Crippen molar-refractivity contribution in [2.45, 2.75) is 75.5 Å². The summed E-state index contributed by atoms with van der Waals surface area (Å²) in [6.07, 6.45) is -0.387. The highest BCUT2D eigenvalue weighted by molar-refractivity contribution is 5.94. The van der Waals surface area contributed by atoms with Gasteiger partial charge in [-0.1, -0.05) is 0 Å². The highest BCUT2D eigenvalue weighted by Gasteiger charge is 2.39. The molecule has 1 aliphatic rings. The Morgan fingerprint density at radius 3 is 2.11 bits per heavy atom. The molecule has 1 heterocycles. The number of aliphatic imine (C=N–C) groups is 1. The quantitative estimate of drug-likeness (QED) is 0.0569. The molecule has 16 nitrogen and oxygen atoms in total. The summed E-state index contributed by atoms with van der Waals surface area (Å²) in [7, 11) is 0. The summed E-state index contributed by atoms with van der Waals surface area (Å²) in [6, 6.07) is -4.86. The van der Waals surface area contributed by atoms with E-state index in [1.165, 1.54) is 4.90 Å². The fourth-order valence-electron chi connectivity index (χ4n) is 3.75. The summed E-state index contributed by atoms with van der Waals surface area (Å²) in [5.74, 6) is -6.08. The SMILES string of the molecule is NC(N)=NCCCC(NC(=O)C1CCCN1C(=O)C(CCC(=O)O)NC(=O)C(N)CCC(=O)O)C(=O)O. The van der Waals surface area contributed by atoms with Gasteiger partial charge in [0.15, 0.2) is 5.96 Å². The van der Waals surface area contributed by atoms with E-state index in [4.69, 9.17) is 27.4 Å². The van der Waals surface area contributed by atoms with E-state index in [9.17, 15) is 33.9 Å². The van der Waals surface area contributed by atoms with Crippen LogP contribution in [0.2, 0.25) is 0 Å². The zero-order chi connectivity index (χ0) is 28.1. The number of rotatable bonds is 16. The lowest BCUT2D eigenvalue weighted by molar-refractivity contribution is -0.145. The van der Waals surface area contributed by atoms with E-state index in [1.54, 1.807) is 0 Å². The van der Waals surface area contributed by atoms with Gasteiger partial charge in [0.2, 0.25) is 17.7 Å². The predicted molar refractivity (Wildman–Crippen MR) is 128 cm³/mol. The Balaban J connectivity index is 2.92. The van der Waals surface area contributed by atoms with E-state index < -0.39 is 66.2 Å². The summed E-state index contributed by atoms with van der Waals surface area (Å²) < 4.78 is 0. The minimum atomic E-state index is -1.33. The first-order valence-electron chi connectivity index (χ1n) is 11.7. The van der Waals surface area contributed by atoms with Crippen LogP contribution in [0.5, 0.6) is 0 Å². The molecule has 0 aromatic carbocycles. The summed E-state index contributed by atoms with van der Waals surface area (Å²) in [5, 5.41) is 32.0. The summed E-state index contributed by atoms with van der Waals surface area (Å²) >= 11 is 0. The van der Waals surface area contributed by atoms with Gasteiger partial charge >= 0.3 is 17.9 Å². The van der Waals surface area contributed by atoms with E-state index in [-0.39, 0.29) is 57.6 Å². The van der Waals surface area contributed by atoms with Crippen molar-refractivity contribution >= 4 is 41.6 Å². The third kappa shape index (κ3) is 11.1. The van der Waals surface area contributed by atoms with E-state index in [2.05, 4.69) is 15.6 Å². The number of hydrogen-bond donors (Lipinski definition) is 8. The number of nitrogens with one attached hydrogen (secondary N) is 2. The normalized spacial score (nSPS) is 17.2. The Morgan fingerprint density at radius 1 is 0.919 bits per heavy atom. The molecule has 37 heavy (non-hydrogen) atoms. The Labute approximate surface area is 212 Å². The fourth-order valence-corrected chi connectivity index (χ4v) is 3.75. The molecule has 11 N–H and O–H groups in total. The van der Waals surface area contributed by atoms with Crippen LogP contribution in [0.25, 0.3) is 0 Å². The Morgan fingerprint density at radius 2 is 1.54 bits per heavy atom. The van der Waals surface area contributed by atoms with Crippen LogP contribution in [-0.4, -0.2) is 99.1 Å². The summed E-state index contributed by atoms with van der Waals surface area (Å²) in [4.78, 5) is 76.9. The first kappa shape index (κ1) is 31.1. The van der Waals surface area contributed by atoms with Gasteiger partial charge in [0.1, 0.15) is 18.1 Å². The summed E-state index contributed by atoms with van der Waals surface area (Å²) in [6.45, 7) is 0.291. The molecule has 0 bridgehead atoms. The molecule has 3 amide bonds. The third-order valence-electron chi connectivity index (χ3n) is 5.67. The highest BCUT2D eigenvalue weighted by Crippen LogP contribution is 2.20. The van der Waals surface area contributed by atoms with Crippen molar-refractivity contribution in [2.75, 3.05) is 13.1 Å². The molecule has 0 saturated carbocycles. The standard InChI is InChI=1S/C21H35N7O9/c22-11(5-7-15(29)30)17(33)26-12(6-8-16(31)32)19(35)28-10-2-4-14(28)18(34)27-13(20(36)37)3-1-9-25-21(23)24/h11-14H,1-10,22H2,(H,26,33)(H,27,34)(H,29,30)(H,31,32)(H,36,37)(H4,23,24,25). The average Bonchev–Trinajstić information content (AvgIpc) is 3.31. The maximum Gasteiger partial charge on any atom is 0.326 e. The molecule has 208 valence electrons. The van der Waals surface area contributed by atoms with E-state index >= 15 is 0 Å². The van der Waals surface area contributed by atoms with E-state index in [0.717, 1.165) is 0 Å². The predicted octanol–water partition coefficient (Wildman–Crippen LogP) is -2.86. The van der Waals surface area contributed by atoms with Crippen molar-refractivity contribution < 1.29 is 44.1 Å². The molecule has 1 rings (SSSR count). The van der Waals surface area contributed by atoms with Crippen LogP contribution in [0, 0.1) is 0 Å². The second-order valence-corrected chi connectivity index (χ2v) is 8.57. The van der Waals surface area contributed by atoms with Crippen LogP contribution in [0.4, 0.5) is 0 Å². The lowest BCUT2D eigenvalue weighted by atomic mass is 10.1. The Bertz CT molecular complexity index is 892. The molecule has 0 radical (unpaired) electrons. The van der Waals surface area contributed by atoms with Gasteiger partial charge in [-0.3, -0.25) is 29.0 Å². The van der Waals surface area contributed by atoms with Crippen LogP contribution < -0.4 is 27.8 Å². The second-order valence-electron chi connectivity index (χ2n) is 8.57. The molecule has 16 heteroatoms. The topological polar surface area (TPSA) is 281 Å². The number of nitrogens with zero attached hydrogens (tertiary/aromatic N) is 2. The van der Waals surface area contributed by atoms with Crippen LogP contribution in [0.15, 0.2) is 4.99 Å².